The van der Waals surface area contributed by atoms with Gasteiger partial charge in [0.15, 0.2) is 0 Å². The Morgan fingerprint density at radius 3 is 2.45 bits per heavy atom. The molecule has 68 valence electrons. The summed E-state index contributed by atoms with van der Waals surface area (Å²) in [5, 5.41) is 23.4. The first-order valence-corrected chi connectivity index (χ1v) is 4.21. The number of rotatable bonds is 6. The van der Waals surface area contributed by atoms with Gasteiger partial charge in [-0.1, -0.05) is 0 Å². The smallest absolute Gasteiger partial charge is 0.117 e. The van der Waals surface area contributed by atoms with E-state index in [2.05, 4.69) is 23.3 Å². The normalized spacial score (nSPS) is 16.4. The van der Waals surface area contributed by atoms with Crippen LogP contribution < -0.4 is 10.6 Å². The molecule has 11 heavy (non-hydrogen) atoms. The lowest BCUT2D eigenvalue weighted by molar-refractivity contribution is 0.0893. The lowest BCUT2D eigenvalue weighted by Crippen LogP contribution is -2.41. The van der Waals surface area contributed by atoms with E-state index < -0.39 is 12.5 Å². The molecule has 0 radical (unpaired) electrons. The zero-order chi connectivity index (χ0) is 8.69. The Kier molecular flexibility index (Phi) is 6.99. The molecule has 0 fully saturated rings. The molecule has 0 aromatic rings. The maximum Gasteiger partial charge on any atom is 0.117 e. The van der Waals surface area contributed by atoms with Crippen molar-refractivity contribution in [3.05, 3.63) is 0 Å². The SMILES string of the molecule is CNC(O)CNC(O)CCS. The van der Waals surface area contributed by atoms with Crippen LogP contribution in [0.25, 0.3) is 0 Å². The summed E-state index contributed by atoms with van der Waals surface area (Å²) in [6.07, 6.45) is -0.598. The van der Waals surface area contributed by atoms with E-state index in [9.17, 15) is 0 Å². The first kappa shape index (κ1) is 11.2. The maximum atomic E-state index is 9.09. The van der Waals surface area contributed by atoms with Crippen LogP contribution in [0.15, 0.2) is 0 Å². The molecule has 2 atom stereocenters. The molecule has 0 spiro atoms. The summed E-state index contributed by atoms with van der Waals surface area (Å²) in [5.41, 5.74) is 0. The highest BCUT2D eigenvalue weighted by molar-refractivity contribution is 7.80. The van der Waals surface area contributed by atoms with Crippen molar-refractivity contribution in [3.63, 3.8) is 0 Å². The molecular weight excluding hydrogens is 164 g/mol. The van der Waals surface area contributed by atoms with Crippen LogP contribution in [0.1, 0.15) is 6.42 Å². The van der Waals surface area contributed by atoms with Gasteiger partial charge in [-0.2, -0.15) is 12.6 Å². The molecule has 0 saturated heterocycles. The summed E-state index contributed by atoms with van der Waals surface area (Å²) in [6, 6.07) is 0. The van der Waals surface area contributed by atoms with Gasteiger partial charge in [-0.15, -0.1) is 0 Å². The minimum absolute atomic E-state index is 0.339. The third-order valence-electron chi connectivity index (χ3n) is 1.28. The van der Waals surface area contributed by atoms with Crippen molar-refractivity contribution in [2.45, 2.75) is 18.9 Å². The Bertz CT molecular complexity index is 94.7. The van der Waals surface area contributed by atoms with Crippen molar-refractivity contribution in [2.24, 2.45) is 0 Å². The second-order valence-electron chi connectivity index (χ2n) is 2.24. The summed E-state index contributed by atoms with van der Waals surface area (Å²) in [5.74, 6) is 0.629. The molecule has 0 aromatic heterocycles. The van der Waals surface area contributed by atoms with E-state index in [1.54, 1.807) is 7.05 Å². The first-order valence-electron chi connectivity index (χ1n) is 3.58. The Labute approximate surface area is 72.4 Å². The molecule has 0 rings (SSSR count). The van der Waals surface area contributed by atoms with Crippen LogP contribution in [-0.2, 0) is 0 Å². The largest absolute Gasteiger partial charge is 0.379 e. The molecule has 0 bridgehead atoms. The van der Waals surface area contributed by atoms with Crippen LogP contribution in [0.2, 0.25) is 0 Å². The van der Waals surface area contributed by atoms with E-state index in [0.717, 1.165) is 0 Å². The number of hydrogen-bond donors (Lipinski definition) is 5. The summed E-state index contributed by atoms with van der Waals surface area (Å²) < 4.78 is 0. The number of nitrogens with one attached hydrogen (secondary N) is 2. The van der Waals surface area contributed by atoms with E-state index >= 15 is 0 Å². The van der Waals surface area contributed by atoms with E-state index in [1.807, 2.05) is 0 Å². The predicted octanol–water partition coefficient (Wildman–Crippen LogP) is -1.25. The minimum Gasteiger partial charge on any atom is -0.379 e. The van der Waals surface area contributed by atoms with Crippen LogP contribution in [0.5, 0.6) is 0 Å². The number of thiol groups is 1. The molecule has 5 heteroatoms. The van der Waals surface area contributed by atoms with Crippen molar-refractivity contribution < 1.29 is 10.2 Å². The van der Waals surface area contributed by atoms with Gasteiger partial charge in [0.25, 0.3) is 0 Å². The summed E-state index contributed by atoms with van der Waals surface area (Å²) in [4.78, 5) is 0. The standard InChI is InChI=1S/C6H16N2O2S/c1-7-6(10)4-8-5(9)2-3-11/h5-11H,2-4H2,1H3. The van der Waals surface area contributed by atoms with Crippen LogP contribution in [0, 0.1) is 0 Å². The lowest BCUT2D eigenvalue weighted by Gasteiger charge is -2.14. The highest BCUT2D eigenvalue weighted by atomic mass is 32.1. The van der Waals surface area contributed by atoms with E-state index in [0.29, 0.717) is 18.7 Å². The van der Waals surface area contributed by atoms with Gasteiger partial charge >= 0.3 is 0 Å². The molecule has 0 amide bonds. The van der Waals surface area contributed by atoms with Gasteiger partial charge in [0.2, 0.25) is 0 Å². The summed E-state index contributed by atoms with van der Waals surface area (Å²) in [6.45, 7) is 0.339. The molecule has 4 N–H and O–H groups in total. The Balaban J connectivity index is 3.22. The molecule has 0 saturated carbocycles. The average Bonchev–Trinajstić information content (AvgIpc) is 2.01. The fourth-order valence-electron chi connectivity index (χ4n) is 0.574. The van der Waals surface area contributed by atoms with Crippen LogP contribution in [0.3, 0.4) is 0 Å². The van der Waals surface area contributed by atoms with Crippen molar-refractivity contribution >= 4 is 12.6 Å². The van der Waals surface area contributed by atoms with Gasteiger partial charge < -0.3 is 10.2 Å². The van der Waals surface area contributed by atoms with Crippen molar-refractivity contribution in [2.75, 3.05) is 19.3 Å². The van der Waals surface area contributed by atoms with E-state index in [1.165, 1.54) is 0 Å². The molecule has 0 aliphatic rings. The number of likely N-dealkylation sites (N-methyl/N-ethyl adjacent to an activating group) is 1. The zero-order valence-electron chi connectivity index (χ0n) is 6.62. The maximum absolute atomic E-state index is 9.09. The van der Waals surface area contributed by atoms with Gasteiger partial charge in [-0.3, -0.25) is 10.6 Å². The topological polar surface area (TPSA) is 64.5 Å². The van der Waals surface area contributed by atoms with Gasteiger partial charge in [0.1, 0.15) is 12.5 Å². The Morgan fingerprint density at radius 2 is 2.00 bits per heavy atom. The molecule has 0 heterocycles. The van der Waals surface area contributed by atoms with Crippen LogP contribution in [-0.4, -0.2) is 42.0 Å². The molecule has 2 unspecified atom stereocenters. The Hall–Kier alpha value is 0.190. The lowest BCUT2D eigenvalue weighted by atomic mass is 10.4. The van der Waals surface area contributed by atoms with E-state index in [4.69, 9.17) is 10.2 Å². The van der Waals surface area contributed by atoms with Crippen LogP contribution in [0.4, 0.5) is 0 Å². The first-order chi connectivity index (χ1) is 5.20. The second-order valence-corrected chi connectivity index (χ2v) is 2.69. The molecule has 0 aliphatic heterocycles. The molecule has 4 nitrogen and oxygen atoms in total. The Morgan fingerprint density at radius 1 is 1.36 bits per heavy atom. The van der Waals surface area contributed by atoms with Crippen molar-refractivity contribution in [1.82, 2.24) is 10.6 Å². The fraction of sp³-hybridized carbons (Fsp3) is 1.00. The molecule has 0 aromatic carbocycles. The van der Waals surface area contributed by atoms with Gasteiger partial charge in [-0.25, -0.2) is 0 Å². The highest BCUT2D eigenvalue weighted by Gasteiger charge is 2.04. The molecular formula is C6H16N2O2S. The number of aliphatic hydroxyl groups excluding tert-OH is 2. The number of aliphatic hydroxyl groups is 2. The summed E-state index contributed by atoms with van der Waals surface area (Å²) >= 11 is 3.95. The third kappa shape index (κ3) is 6.58. The second kappa shape index (κ2) is 6.87. The monoisotopic (exact) mass is 180 g/mol. The number of hydrogen-bond acceptors (Lipinski definition) is 5. The summed E-state index contributed by atoms with van der Waals surface area (Å²) in [7, 11) is 1.65. The predicted molar refractivity (Wildman–Crippen MR) is 47.5 cm³/mol. The quantitative estimate of drug-likeness (QED) is 0.262. The van der Waals surface area contributed by atoms with E-state index in [-0.39, 0.29) is 0 Å². The zero-order valence-corrected chi connectivity index (χ0v) is 7.51. The van der Waals surface area contributed by atoms with Gasteiger partial charge in [0.05, 0.1) is 0 Å². The molecule has 0 aliphatic carbocycles. The highest BCUT2D eigenvalue weighted by Crippen LogP contribution is 1.88. The fourth-order valence-corrected chi connectivity index (χ4v) is 0.819. The minimum atomic E-state index is -0.607. The van der Waals surface area contributed by atoms with Gasteiger partial charge in [-0.05, 0) is 19.2 Å². The van der Waals surface area contributed by atoms with Crippen molar-refractivity contribution in [1.29, 1.82) is 0 Å². The van der Waals surface area contributed by atoms with Crippen LogP contribution >= 0.6 is 12.6 Å². The van der Waals surface area contributed by atoms with Crippen molar-refractivity contribution in [3.8, 4) is 0 Å². The third-order valence-corrected chi connectivity index (χ3v) is 1.54. The average molecular weight is 180 g/mol. The van der Waals surface area contributed by atoms with Gasteiger partial charge in [0, 0.05) is 6.54 Å².